The molecule has 1 fully saturated rings. The van der Waals surface area contributed by atoms with E-state index in [1.807, 2.05) is 36.4 Å². The van der Waals surface area contributed by atoms with Crippen molar-refractivity contribution in [3.05, 3.63) is 95.7 Å². The zero-order chi connectivity index (χ0) is 24.5. The van der Waals surface area contributed by atoms with Crippen LogP contribution in [0.5, 0.6) is 5.75 Å². The van der Waals surface area contributed by atoms with Gasteiger partial charge in [0, 0.05) is 24.0 Å². The maximum absolute atomic E-state index is 14.4. The van der Waals surface area contributed by atoms with Crippen LogP contribution in [-0.4, -0.2) is 27.1 Å². The van der Waals surface area contributed by atoms with E-state index >= 15 is 0 Å². The summed E-state index contributed by atoms with van der Waals surface area (Å²) in [6, 6.07) is 18.4. The Morgan fingerprint density at radius 2 is 1.92 bits per heavy atom. The number of hydrogen-bond acceptors (Lipinski definition) is 8. The summed E-state index contributed by atoms with van der Waals surface area (Å²) in [5.41, 5.74) is 4.30. The number of nitrogens with zero attached hydrogens (tertiary/aromatic N) is 3. The Bertz CT molecular complexity index is 1420. The molecule has 0 spiro atoms. The third kappa shape index (κ3) is 4.48. The molecule has 180 valence electrons. The first-order valence-corrected chi connectivity index (χ1v) is 11.4. The Balaban J connectivity index is 1.13. The average Bonchev–Trinajstić information content (AvgIpc) is 3.42. The average molecular weight is 484 g/mol. The Morgan fingerprint density at radius 3 is 2.75 bits per heavy atom. The summed E-state index contributed by atoms with van der Waals surface area (Å²) in [4.78, 5) is 24.1. The minimum absolute atomic E-state index is 0.0346. The molecule has 2 aliphatic rings. The molecule has 3 N–H and O–H groups in total. The van der Waals surface area contributed by atoms with Crippen molar-refractivity contribution in [2.45, 2.75) is 25.2 Å². The summed E-state index contributed by atoms with van der Waals surface area (Å²) >= 11 is 0. The minimum Gasteiger partial charge on any atom is -0.487 e. The molecule has 2 aromatic heterocycles. The second kappa shape index (κ2) is 9.14. The molecule has 2 atom stereocenters. The number of hydrogen-bond donors (Lipinski definition) is 3. The molecule has 1 saturated heterocycles. The minimum atomic E-state index is -0.585. The van der Waals surface area contributed by atoms with E-state index in [0.717, 1.165) is 28.7 Å². The number of amides is 1. The first-order chi connectivity index (χ1) is 17.6. The van der Waals surface area contributed by atoms with Crippen LogP contribution >= 0.6 is 0 Å². The number of pyridine rings is 1. The van der Waals surface area contributed by atoms with Crippen molar-refractivity contribution in [2.24, 2.45) is 0 Å². The van der Waals surface area contributed by atoms with Gasteiger partial charge in [-0.05, 0) is 59.7 Å². The lowest BCUT2D eigenvalue weighted by atomic mass is 10.1. The van der Waals surface area contributed by atoms with Gasteiger partial charge in [0.25, 0.3) is 0 Å². The maximum Gasteiger partial charge on any atom is 0.408 e. The molecule has 3 heterocycles. The summed E-state index contributed by atoms with van der Waals surface area (Å²) in [5, 5.41) is 8.92. The van der Waals surface area contributed by atoms with Crippen LogP contribution in [0, 0.1) is 5.82 Å². The summed E-state index contributed by atoms with van der Waals surface area (Å²) in [5.74, 6) is 0.348. The predicted octanol–water partition coefficient (Wildman–Crippen LogP) is 4.78. The molecular formula is C26H21FN6O3. The van der Waals surface area contributed by atoms with Crippen LogP contribution in [0.25, 0.3) is 0 Å². The molecule has 1 unspecified atom stereocenters. The number of aromatic nitrogens is 3. The number of nitrogens with one attached hydrogen (secondary N) is 3. The summed E-state index contributed by atoms with van der Waals surface area (Å²) in [7, 11) is 0. The first-order valence-electron chi connectivity index (χ1n) is 11.4. The Labute approximate surface area is 205 Å². The van der Waals surface area contributed by atoms with Gasteiger partial charge in [-0.15, -0.1) is 0 Å². The number of fused-ring (bicyclic) bond motifs is 3. The van der Waals surface area contributed by atoms with Crippen LogP contribution in [0.15, 0.2) is 73.1 Å². The predicted molar refractivity (Wildman–Crippen MR) is 130 cm³/mol. The Morgan fingerprint density at radius 1 is 1.06 bits per heavy atom. The third-order valence-corrected chi connectivity index (χ3v) is 6.04. The molecule has 10 heteroatoms. The van der Waals surface area contributed by atoms with Crippen LogP contribution in [0.1, 0.15) is 22.9 Å². The number of halogens is 1. The van der Waals surface area contributed by atoms with Gasteiger partial charge in [-0.25, -0.2) is 14.2 Å². The quantitative estimate of drug-likeness (QED) is 0.344. The maximum atomic E-state index is 14.4. The van der Waals surface area contributed by atoms with Gasteiger partial charge in [-0.1, -0.05) is 12.1 Å². The largest absolute Gasteiger partial charge is 0.487 e. The van der Waals surface area contributed by atoms with Gasteiger partial charge in [0.15, 0.2) is 11.6 Å². The number of carbonyl (C=O) groups excluding carboxylic acids is 1. The van der Waals surface area contributed by atoms with E-state index < -0.39 is 11.9 Å². The lowest BCUT2D eigenvalue weighted by molar-refractivity contribution is 0.136. The fraction of sp³-hybridized carbons (Fsp3) is 0.154. The van der Waals surface area contributed by atoms with Gasteiger partial charge >= 0.3 is 6.09 Å². The monoisotopic (exact) mass is 484 g/mol. The van der Waals surface area contributed by atoms with Crippen LogP contribution in [0.3, 0.4) is 0 Å². The highest BCUT2D eigenvalue weighted by molar-refractivity contribution is 5.72. The van der Waals surface area contributed by atoms with E-state index in [4.69, 9.17) is 9.47 Å². The second-order valence-electron chi connectivity index (χ2n) is 8.46. The first kappa shape index (κ1) is 21.8. The zero-order valence-electron chi connectivity index (χ0n) is 18.9. The molecule has 1 aliphatic heterocycles. The lowest BCUT2D eigenvalue weighted by Crippen LogP contribution is -2.18. The summed E-state index contributed by atoms with van der Waals surface area (Å²) in [6.07, 6.45) is 2.91. The van der Waals surface area contributed by atoms with E-state index in [0.29, 0.717) is 24.5 Å². The number of benzene rings is 2. The SMILES string of the molecule is O=C1N[C@H]2c3cc(Nc4ncc(F)c(Nc5ccc(OCc6ccccn6)cc5)n4)ccc3CC2O1. The molecule has 36 heavy (non-hydrogen) atoms. The molecule has 4 aromatic rings. The van der Waals surface area contributed by atoms with Crippen LogP contribution in [0.2, 0.25) is 0 Å². The molecule has 0 saturated carbocycles. The van der Waals surface area contributed by atoms with E-state index in [1.54, 1.807) is 30.5 Å². The van der Waals surface area contributed by atoms with E-state index in [2.05, 4.69) is 30.9 Å². The van der Waals surface area contributed by atoms with Crippen molar-refractivity contribution in [1.29, 1.82) is 0 Å². The Hall–Kier alpha value is -4.73. The molecule has 2 aromatic carbocycles. The number of rotatable bonds is 7. The molecule has 1 amide bonds. The van der Waals surface area contributed by atoms with Crippen molar-refractivity contribution in [3.63, 3.8) is 0 Å². The molecule has 0 bridgehead atoms. The van der Waals surface area contributed by atoms with E-state index in [-0.39, 0.29) is 23.9 Å². The number of anilines is 4. The van der Waals surface area contributed by atoms with E-state index in [1.165, 1.54) is 0 Å². The summed E-state index contributed by atoms with van der Waals surface area (Å²) in [6.45, 7) is 0.354. The highest BCUT2D eigenvalue weighted by Gasteiger charge is 2.41. The van der Waals surface area contributed by atoms with Gasteiger partial charge in [0.1, 0.15) is 18.5 Å². The standard InChI is InChI=1S/C26H21FN6O3/c27-21-13-29-25(31-17-5-4-15-11-22-23(20(15)12-17)32-26(34)36-22)33-24(21)30-16-6-8-19(9-7-16)35-14-18-3-1-2-10-28-18/h1-10,12-13,22-23H,11,14H2,(H,32,34)(H2,29,30,31,33)/t22?,23-/m0/s1. The highest BCUT2D eigenvalue weighted by Crippen LogP contribution is 2.38. The zero-order valence-corrected chi connectivity index (χ0v) is 18.9. The van der Waals surface area contributed by atoms with Gasteiger partial charge in [0.05, 0.1) is 17.9 Å². The van der Waals surface area contributed by atoms with Gasteiger partial charge in [0.2, 0.25) is 5.95 Å². The number of carbonyl (C=O) groups is 1. The highest BCUT2D eigenvalue weighted by atomic mass is 19.1. The van der Waals surface area contributed by atoms with Crippen molar-refractivity contribution in [1.82, 2.24) is 20.3 Å². The Kier molecular flexibility index (Phi) is 5.53. The summed E-state index contributed by atoms with van der Waals surface area (Å²) < 4.78 is 25.5. The van der Waals surface area contributed by atoms with E-state index in [9.17, 15) is 9.18 Å². The molecule has 0 radical (unpaired) electrons. The van der Waals surface area contributed by atoms with Gasteiger partial charge in [-0.2, -0.15) is 4.98 Å². The van der Waals surface area contributed by atoms with Crippen LogP contribution in [-0.2, 0) is 17.8 Å². The molecule has 1 aliphatic carbocycles. The van der Waals surface area contributed by atoms with Crippen LogP contribution < -0.4 is 20.7 Å². The molecule has 6 rings (SSSR count). The normalized spacial score (nSPS) is 17.5. The van der Waals surface area contributed by atoms with Crippen molar-refractivity contribution >= 4 is 29.2 Å². The number of ether oxygens (including phenoxy) is 2. The van der Waals surface area contributed by atoms with Crippen LogP contribution in [0.4, 0.5) is 32.3 Å². The lowest BCUT2D eigenvalue weighted by Gasteiger charge is -2.12. The number of alkyl carbamates (subject to hydrolysis) is 1. The molecular weight excluding hydrogens is 463 g/mol. The van der Waals surface area contributed by atoms with Crippen molar-refractivity contribution in [3.8, 4) is 5.75 Å². The fourth-order valence-electron chi connectivity index (χ4n) is 4.32. The fourth-order valence-corrected chi connectivity index (χ4v) is 4.32. The smallest absolute Gasteiger partial charge is 0.408 e. The molecule has 9 nitrogen and oxygen atoms in total. The van der Waals surface area contributed by atoms with Gasteiger partial charge in [-0.3, -0.25) is 4.98 Å². The van der Waals surface area contributed by atoms with Crippen molar-refractivity contribution < 1.29 is 18.7 Å². The topological polar surface area (TPSA) is 110 Å². The van der Waals surface area contributed by atoms with Crippen molar-refractivity contribution in [2.75, 3.05) is 10.6 Å². The third-order valence-electron chi connectivity index (χ3n) is 6.04. The second-order valence-corrected chi connectivity index (χ2v) is 8.46. The van der Waals surface area contributed by atoms with Gasteiger partial charge < -0.3 is 25.4 Å².